The molecule has 0 aliphatic heterocycles. The Balaban J connectivity index is 1.90. The van der Waals surface area contributed by atoms with Crippen molar-refractivity contribution in [3.05, 3.63) is 29.6 Å². The second-order valence-corrected chi connectivity index (χ2v) is 4.70. The van der Waals surface area contributed by atoms with Crippen molar-refractivity contribution in [3.8, 4) is 6.07 Å². The highest BCUT2D eigenvalue weighted by molar-refractivity contribution is 5.92. The van der Waals surface area contributed by atoms with Crippen molar-refractivity contribution in [1.29, 1.82) is 5.26 Å². The Morgan fingerprint density at radius 1 is 1.56 bits per heavy atom. The number of aliphatic hydroxyl groups is 1. The summed E-state index contributed by atoms with van der Waals surface area (Å²) in [5.74, 6) is -0.233. The van der Waals surface area contributed by atoms with Gasteiger partial charge in [-0.3, -0.25) is 4.79 Å². The van der Waals surface area contributed by atoms with Crippen molar-refractivity contribution in [3.63, 3.8) is 0 Å². The van der Waals surface area contributed by atoms with Crippen LogP contribution in [0.5, 0.6) is 0 Å². The van der Waals surface area contributed by atoms with Crippen molar-refractivity contribution in [1.82, 2.24) is 10.3 Å². The molecule has 0 atom stereocenters. The topological polar surface area (TPSA) is 86.0 Å². The molecule has 1 aromatic rings. The number of rotatable bonds is 5. The molecule has 1 aliphatic rings. The van der Waals surface area contributed by atoms with Gasteiger partial charge in [0.05, 0.1) is 5.56 Å². The standard InChI is InChI=1S/C13H15N3O2/c14-7-10-1-2-11(15-8-10)12(18)16-9-13(3-4-13)5-6-17/h1-2,8,17H,3-6,9H2,(H,16,18). The van der Waals surface area contributed by atoms with E-state index in [9.17, 15) is 4.79 Å². The first-order chi connectivity index (χ1) is 8.69. The van der Waals surface area contributed by atoms with Gasteiger partial charge in [0.1, 0.15) is 11.8 Å². The van der Waals surface area contributed by atoms with Crippen LogP contribution in [0.15, 0.2) is 18.3 Å². The zero-order valence-corrected chi connectivity index (χ0v) is 10.0. The number of nitriles is 1. The molecule has 1 aliphatic carbocycles. The lowest BCUT2D eigenvalue weighted by atomic mass is 10.0. The molecule has 0 saturated heterocycles. The van der Waals surface area contributed by atoms with Gasteiger partial charge in [0, 0.05) is 19.3 Å². The SMILES string of the molecule is N#Cc1ccc(C(=O)NCC2(CCO)CC2)nc1. The number of nitrogens with zero attached hydrogens (tertiary/aromatic N) is 2. The highest BCUT2D eigenvalue weighted by atomic mass is 16.3. The van der Waals surface area contributed by atoms with Crippen LogP contribution >= 0.6 is 0 Å². The summed E-state index contributed by atoms with van der Waals surface area (Å²) in [7, 11) is 0. The van der Waals surface area contributed by atoms with E-state index in [4.69, 9.17) is 10.4 Å². The number of aromatic nitrogens is 1. The van der Waals surface area contributed by atoms with Gasteiger partial charge in [0.15, 0.2) is 0 Å². The maximum Gasteiger partial charge on any atom is 0.269 e. The van der Waals surface area contributed by atoms with E-state index in [1.54, 1.807) is 12.1 Å². The summed E-state index contributed by atoms with van der Waals surface area (Å²) < 4.78 is 0. The molecular formula is C13H15N3O2. The zero-order chi connectivity index (χ0) is 13.0. The number of carbonyl (C=O) groups excluding carboxylic acids is 1. The van der Waals surface area contributed by atoms with E-state index in [0.29, 0.717) is 17.8 Å². The first-order valence-corrected chi connectivity index (χ1v) is 5.94. The van der Waals surface area contributed by atoms with Gasteiger partial charge in [-0.25, -0.2) is 4.98 Å². The predicted octanol–water partition coefficient (Wildman–Crippen LogP) is 0.846. The van der Waals surface area contributed by atoms with Crippen molar-refractivity contribution in [2.45, 2.75) is 19.3 Å². The van der Waals surface area contributed by atoms with Crippen LogP contribution < -0.4 is 5.32 Å². The Kier molecular flexibility index (Phi) is 3.58. The van der Waals surface area contributed by atoms with Gasteiger partial charge in [-0.2, -0.15) is 5.26 Å². The first-order valence-electron chi connectivity index (χ1n) is 5.94. The fourth-order valence-electron chi connectivity index (χ4n) is 1.88. The number of pyridine rings is 1. The van der Waals surface area contributed by atoms with E-state index in [-0.39, 0.29) is 17.9 Å². The third-order valence-electron chi connectivity index (χ3n) is 3.35. The Morgan fingerprint density at radius 3 is 2.83 bits per heavy atom. The fraction of sp³-hybridized carbons (Fsp3) is 0.462. The Morgan fingerprint density at radius 2 is 2.33 bits per heavy atom. The van der Waals surface area contributed by atoms with E-state index >= 15 is 0 Å². The van der Waals surface area contributed by atoms with E-state index < -0.39 is 0 Å². The van der Waals surface area contributed by atoms with Crippen molar-refractivity contribution < 1.29 is 9.90 Å². The molecule has 0 unspecified atom stereocenters. The molecule has 2 rings (SSSR count). The van der Waals surface area contributed by atoms with E-state index in [1.807, 2.05) is 6.07 Å². The smallest absolute Gasteiger partial charge is 0.269 e. The molecule has 5 nitrogen and oxygen atoms in total. The minimum absolute atomic E-state index is 0.0943. The molecule has 0 bridgehead atoms. The van der Waals surface area contributed by atoms with Gasteiger partial charge >= 0.3 is 0 Å². The number of aliphatic hydroxyl groups excluding tert-OH is 1. The number of amides is 1. The van der Waals surface area contributed by atoms with Gasteiger partial charge in [-0.05, 0) is 36.8 Å². The molecule has 1 amide bonds. The third-order valence-corrected chi connectivity index (χ3v) is 3.35. The van der Waals surface area contributed by atoms with E-state index in [0.717, 1.165) is 19.3 Å². The highest BCUT2D eigenvalue weighted by Gasteiger charge is 2.41. The Bertz CT molecular complexity index is 472. The predicted molar refractivity (Wildman–Crippen MR) is 64.7 cm³/mol. The molecule has 18 heavy (non-hydrogen) atoms. The zero-order valence-electron chi connectivity index (χ0n) is 10.0. The lowest BCUT2D eigenvalue weighted by molar-refractivity contribution is 0.0936. The molecule has 1 aromatic heterocycles. The molecule has 0 radical (unpaired) electrons. The summed E-state index contributed by atoms with van der Waals surface area (Å²) in [6.45, 7) is 0.735. The molecule has 94 valence electrons. The van der Waals surface area contributed by atoms with Crippen molar-refractivity contribution >= 4 is 5.91 Å². The number of hydrogen-bond donors (Lipinski definition) is 2. The lowest BCUT2D eigenvalue weighted by Gasteiger charge is -2.14. The second kappa shape index (κ2) is 5.15. The average molecular weight is 245 g/mol. The minimum atomic E-state index is -0.233. The molecule has 2 N–H and O–H groups in total. The molecule has 5 heteroatoms. The normalized spacial score (nSPS) is 15.8. The molecular weight excluding hydrogens is 230 g/mol. The Labute approximate surface area is 105 Å². The maximum absolute atomic E-state index is 11.8. The van der Waals surface area contributed by atoms with Crippen LogP contribution in [0, 0.1) is 16.7 Å². The monoisotopic (exact) mass is 245 g/mol. The number of nitrogens with one attached hydrogen (secondary N) is 1. The highest BCUT2D eigenvalue weighted by Crippen LogP contribution is 2.47. The summed E-state index contributed by atoms with van der Waals surface area (Å²) in [5, 5.41) is 20.4. The number of hydrogen-bond acceptors (Lipinski definition) is 4. The Hall–Kier alpha value is -1.93. The van der Waals surface area contributed by atoms with Crippen LogP contribution in [-0.4, -0.2) is 29.1 Å². The van der Waals surface area contributed by atoms with E-state index in [1.165, 1.54) is 6.20 Å². The van der Waals surface area contributed by atoms with Gasteiger partial charge in [0.2, 0.25) is 0 Å². The molecule has 1 saturated carbocycles. The summed E-state index contributed by atoms with van der Waals surface area (Å²) in [6, 6.07) is 5.07. The van der Waals surface area contributed by atoms with Gasteiger partial charge < -0.3 is 10.4 Å². The molecule has 0 spiro atoms. The first kappa shape index (κ1) is 12.5. The van der Waals surface area contributed by atoms with Crippen LogP contribution in [0.25, 0.3) is 0 Å². The minimum Gasteiger partial charge on any atom is -0.396 e. The number of carbonyl (C=O) groups is 1. The average Bonchev–Trinajstić information content (AvgIpc) is 3.17. The lowest BCUT2D eigenvalue weighted by Crippen LogP contribution is -2.31. The van der Waals surface area contributed by atoms with Gasteiger partial charge in [-0.15, -0.1) is 0 Å². The quantitative estimate of drug-likeness (QED) is 0.805. The third kappa shape index (κ3) is 2.84. The molecule has 1 heterocycles. The van der Waals surface area contributed by atoms with Gasteiger partial charge in [0.25, 0.3) is 5.91 Å². The summed E-state index contributed by atoms with van der Waals surface area (Å²) in [6.07, 6.45) is 4.22. The van der Waals surface area contributed by atoms with Crippen LogP contribution in [0.2, 0.25) is 0 Å². The van der Waals surface area contributed by atoms with Gasteiger partial charge in [-0.1, -0.05) is 0 Å². The summed E-state index contributed by atoms with van der Waals surface area (Å²) >= 11 is 0. The second-order valence-electron chi connectivity index (χ2n) is 4.70. The largest absolute Gasteiger partial charge is 0.396 e. The van der Waals surface area contributed by atoms with Crippen LogP contribution in [0.1, 0.15) is 35.3 Å². The van der Waals surface area contributed by atoms with Crippen LogP contribution in [0.4, 0.5) is 0 Å². The maximum atomic E-state index is 11.8. The van der Waals surface area contributed by atoms with Crippen LogP contribution in [0.3, 0.4) is 0 Å². The fourth-order valence-corrected chi connectivity index (χ4v) is 1.88. The summed E-state index contributed by atoms with van der Waals surface area (Å²) in [4.78, 5) is 15.7. The molecule has 0 aromatic carbocycles. The molecule has 1 fully saturated rings. The van der Waals surface area contributed by atoms with E-state index in [2.05, 4.69) is 10.3 Å². The van der Waals surface area contributed by atoms with Crippen molar-refractivity contribution in [2.24, 2.45) is 5.41 Å². The van der Waals surface area contributed by atoms with Crippen LogP contribution in [-0.2, 0) is 0 Å². The van der Waals surface area contributed by atoms with Crippen molar-refractivity contribution in [2.75, 3.05) is 13.2 Å². The summed E-state index contributed by atoms with van der Waals surface area (Å²) in [5.41, 5.74) is 0.844.